The fourth-order valence-corrected chi connectivity index (χ4v) is 2.21. The Morgan fingerprint density at radius 1 is 1.47 bits per heavy atom. The van der Waals surface area contributed by atoms with Crippen molar-refractivity contribution < 1.29 is 23.2 Å². The molecule has 0 aromatic heterocycles. The van der Waals surface area contributed by atoms with Crippen molar-refractivity contribution in [2.24, 2.45) is 0 Å². The molecule has 1 unspecified atom stereocenters. The van der Waals surface area contributed by atoms with Crippen LogP contribution < -0.4 is 4.72 Å². The zero-order valence-corrected chi connectivity index (χ0v) is 11.0. The monoisotopic (exact) mass is 288 g/mol. The lowest BCUT2D eigenvalue weighted by atomic mass is 10.2. The van der Waals surface area contributed by atoms with Crippen LogP contribution in [0, 0.1) is 17.0 Å². The van der Waals surface area contributed by atoms with Crippen LogP contribution in [0.1, 0.15) is 12.5 Å². The van der Waals surface area contributed by atoms with Crippen molar-refractivity contribution in [3.8, 4) is 0 Å². The van der Waals surface area contributed by atoms with E-state index >= 15 is 0 Å². The van der Waals surface area contributed by atoms with Gasteiger partial charge in [-0.1, -0.05) is 0 Å². The van der Waals surface area contributed by atoms with Crippen molar-refractivity contribution in [3.05, 3.63) is 33.9 Å². The second-order valence-electron chi connectivity index (χ2n) is 3.89. The molecular formula is C10H12N2O6S. The van der Waals surface area contributed by atoms with Crippen molar-refractivity contribution in [3.63, 3.8) is 0 Å². The second-order valence-corrected chi connectivity index (χ2v) is 5.89. The summed E-state index contributed by atoms with van der Waals surface area (Å²) in [5.74, 6) is -1.48. The Morgan fingerprint density at radius 2 is 2.05 bits per heavy atom. The molecule has 0 radical (unpaired) electrons. The van der Waals surface area contributed by atoms with E-state index in [0.717, 1.165) is 13.0 Å². The quantitative estimate of drug-likeness (QED) is 0.617. The third kappa shape index (κ3) is 3.41. The summed E-state index contributed by atoms with van der Waals surface area (Å²) in [6.45, 7) is 2.49. The Hall–Kier alpha value is -2.16. The van der Waals surface area contributed by atoms with Gasteiger partial charge in [0.1, 0.15) is 0 Å². The maximum absolute atomic E-state index is 11.6. The molecule has 9 heteroatoms. The highest BCUT2D eigenvalue weighted by Gasteiger charge is 2.27. The van der Waals surface area contributed by atoms with Crippen LogP contribution in [-0.4, -0.2) is 29.7 Å². The average molecular weight is 288 g/mol. The highest BCUT2D eigenvalue weighted by atomic mass is 32.2. The first kappa shape index (κ1) is 14.9. The van der Waals surface area contributed by atoms with Gasteiger partial charge >= 0.3 is 5.97 Å². The maximum atomic E-state index is 11.6. The van der Waals surface area contributed by atoms with E-state index in [4.69, 9.17) is 5.11 Å². The number of rotatable bonds is 5. The van der Waals surface area contributed by atoms with E-state index in [1.165, 1.54) is 19.1 Å². The molecule has 19 heavy (non-hydrogen) atoms. The van der Waals surface area contributed by atoms with Crippen LogP contribution in [0.5, 0.6) is 0 Å². The number of aryl methyl sites for hydroxylation is 1. The molecule has 0 aliphatic rings. The topological polar surface area (TPSA) is 127 Å². The molecule has 1 atom stereocenters. The summed E-state index contributed by atoms with van der Waals surface area (Å²) >= 11 is 0. The standard InChI is InChI=1S/C10H12N2O6S/c1-6-5-8(3-4-9(6)12(15)16)11-19(17,18)7(2)10(13)14/h3-5,7,11H,1-2H3,(H,13,14). The second kappa shape index (κ2) is 5.22. The summed E-state index contributed by atoms with van der Waals surface area (Å²) in [5.41, 5.74) is 0.207. The number of aliphatic carboxylic acids is 1. The van der Waals surface area contributed by atoms with Crippen LogP contribution in [0.2, 0.25) is 0 Å². The predicted octanol–water partition coefficient (Wildman–Crippen LogP) is 1.12. The number of benzene rings is 1. The normalized spacial score (nSPS) is 12.7. The Balaban J connectivity index is 3.05. The van der Waals surface area contributed by atoms with E-state index in [-0.39, 0.29) is 16.9 Å². The van der Waals surface area contributed by atoms with E-state index in [1.807, 2.05) is 0 Å². The van der Waals surface area contributed by atoms with Gasteiger partial charge in [0.05, 0.1) is 4.92 Å². The molecule has 104 valence electrons. The molecule has 0 amide bonds. The Kier molecular flexibility index (Phi) is 4.10. The summed E-state index contributed by atoms with van der Waals surface area (Å²) in [7, 11) is -4.08. The van der Waals surface area contributed by atoms with Gasteiger partial charge in [-0.15, -0.1) is 0 Å². The summed E-state index contributed by atoms with van der Waals surface area (Å²) in [6, 6.07) is 3.63. The molecule has 0 saturated heterocycles. The summed E-state index contributed by atoms with van der Waals surface area (Å²) in [4.78, 5) is 20.7. The number of carbonyl (C=O) groups is 1. The summed E-state index contributed by atoms with van der Waals surface area (Å²) < 4.78 is 25.4. The number of carboxylic acids is 1. The first-order chi connectivity index (χ1) is 8.65. The average Bonchev–Trinajstić information content (AvgIpc) is 2.26. The highest BCUT2D eigenvalue weighted by molar-refractivity contribution is 7.94. The number of anilines is 1. The van der Waals surface area contributed by atoms with E-state index < -0.39 is 26.2 Å². The molecule has 0 saturated carbocycles. The van der Waals surface area contributed by atoms with Crippen LogP contribution in [0.3, 0.4) is 0 Å². The van der Waals surface area contributed by atoms with Gasteiger partial charge in [-0.25, -0.2) is 8.42 Å². The number of hydrogen-bond acceptors (Lipinski definition) is 5. The first-order valence-corrected chi connectivity index (χ1v) is 6.69. The number of nitro groups is 1. The predicted molar refractivity (Wildman–Crippen MR) is 67.5 cm³/mol. The van der Waals surface area contributed by atoms with Gasteiger partial charge in [0.15, 0.2) is 5.25 Å². The molecule has 2 N–H and O–H groups in total. The first-order valence-electron chi connectivity index (χ1n) is 5.14. The molecule has 1 aromatic rings. The lowest BCUT2D eigenvalue weighted by Crippen LogP contribution is -2.32. The molecule has 1 rings (SSSR count). The minimum atomic E-state index is -4.08. The number of sulfonamides is 1. The number of carboxylic acid groups (broad SMARTS) is 1. The number of nitro benzene ring substituents is 1. The molecule has 0 aliphatic heterocycles. The molecule has 0 spiro atoms. The Labute approximate surface area is 109 Å². The third-order valence-corrected chi connectivity index (χ3v) is 4.12. The zero-order valence-electron chi connectivity index (χ0n) is 10.2. The van der Waals surface area contributed by atoms with E-state index in [9.17, 15) is 23.3 Å². The van der Waals surface area contributed by atoms with Crippen LogP contribution in [0.25, 0.3) is 0 Å². The van der Waals surface area contributed by atoms with Crippen molar-refractivity contribution in [1.29, 1.82) is 0 Å². The zero-order chi connectivity index (χ0) is 14.8. The number of nitrogens with zero attached hydrogens (tertiary/aromatic N) is 1. The summed E-state index contributed by atoms with van der Waals surface area (Å²) in [5, 5.41) is 17.6. The molecule has 0 heterocycles. The van der Waals surface area contributed by atoms with Crippen molar-refractivity contribution in [2.45, 2.75) is 19.1 Å². The van der Waals surface area contributed by atoms with Gasteiger partial charge in [0.25, 0.3) is 5.69 Å². The van der Waals surface area contributed by atoms with Crippen LogP contribution in [0.15, 0.2) is 18.2 Å². The minimum absolute atomic E-state index is 0.0798. The Bertz CT molecular complexity index is 625. The molecule has 8 nitrogen and oxygen atoms in total. The highest BCUT2D eigenvalue weighted by Crippen LogP contribution is 2.22. The smallest absolute Gasteiger partial charge is 0.323 e. The van der Waals surface area contributed by atoms with E-state index in [2.05, 4.69) is 4.72 Å². The third-order valence-electron chi connectivity index (χ3n) is 2.47. The van der Waals surface area contributed by atoms with Crippen LogP contribution in [0.4, 0.5) is 11.4 Å². The van der Waals surface area contributed by atoms with Crippen LogP contribution in [-0.2, 0) is 14.8 Å². The van der Waals surface area contributed by atoms with Crippen LogP contribution >= 0.6 is 0 Å². The lowest BCUT2D eigenvalue weighted by Gasteiger charge is -2.11. The van der Waals surface area contributed by atoms with Gasteiger partial charge in [-0.3, -0.25) is 19.6 Å². The lowest BCUT2D eigenvalue weighted by molar-refractivity contribution is -0.385. The van der Waals surface area contributed by atoms with E-state index in [1.54, 1.807) is 0 Å². The minimum Gasteiger partial charge on any atom is -0.480 e. The molecule has 0 fully saturated rings. The van der Waals surface area contributed by atoms with Gasteiger partial charge in [-0.2, -0.15) is 0 Å². The van der Waals surface area contributed by atoms with E-state index in [0.29, 0.717) is 0 Å². The molecular weight excluding hydrogens is 276 g/mol. The van der Waals surface area contributed by atoms with Gasteiger partial charge in [0, 0.05) is 17.3 Å². The largest absolute Gasteiger partial charge is 0.480 e. The van der Waals surface area contributed by atoms with Crippen molar-refractivity contribution in [1.82, 2.24) is 0 Å². The van der Waals surface area contributed by atoms with Crippen molar-refractivity contribution in [2.75, 3.05) is 4.72 Å². The SMILES string of the molecule is Cc1cc(NS(=O)(=O)C(C)C(=O)O)ccc1[N+](=O)[O-]. The molecule has 0 aliphatic carbocycles. The number of hydrogen-bond donors (Lipinski definition) is 2. The Morgan fingerprint density at radius 3 is 2.47 bits per heavy atom. The number of nitrogens with one attached hydrogen (secondary N) is 1. The maximum Gasteiger partial charge on any atom is 0.323 e. The summed E-state index contributed by atoms with van der Waals surface area (Å²) in [6.07, 6.45) is 0. The van der Waals surface area contributed by atoms with Gasteiger partial charge in [-0.05, 0) is 26.0 Å². The fourth-order valence-electron chi connectivity index (χ4n) is 1.31. The molecule has 1 aromatic carbocycles. The fraction of sp³-hybridized carbons (Fsp3) is 0.300. The van der Waals surface area contributed by atoms with Crippen molar-refractivity contribution >= 4 is 27.4 Å². The van der Waals surface area contributed by atoms with Gasteiger partial charge in [0.2, 0.25) is 10.0 Å². The van der Waals surface area contributed by atoms with Gasteiger partial charge < -0.3 is 5.11 Å². The molecule has 0 bridgehead atoms.